The van der Waals surface area contributed by atoms with Crippen LogP contribution in [0.4, 0.5) is 0 Å². The average molecular weight is 477 g/mol. The van der Waals surface area contributed by atoms with Crippen LogP contribution in [0.25, 0.3) is 0 Å². The van der Waals surface area contributed by atoms with Crippen LogP contribution in [0.5, 0.6) is 0 Å². The number of fused-ring (bicyclic) bond motifs is 1. The van der Waals surface area contributed by atoms with E-state index in [4.69, 9.17) is 18.9 Å². The molecule has 0 N–H and O–H groups in total. The Kier molecular flexibility index (Phi) is 8.50. The minimum atomic E-state index is -2.30. The second kappa shape index (κ2) is 10.6. The highest BCUT2D eigenvalue weighted by molar-refractivity contribution is 6.15. The normalized spacial score (nSPS) is 15.6. The summed E-state index contributed by atoms with van der Waals surface area (Å²) in [4.78, 5) is 54.8. The molecule has 34 heavy (non-hydrogen) atoms. The van der Waals surface area contributed by atoms with E-state index in [1.54, 1.807) is 27.7 Å². The van der Waals surface area contributed by atoms with Crippen LogP contribution < -0.4 is 0 Å². The second-order valence-electron chi connectivity index (χ2n) is 8.50. The van der Waals surface area contributed by atoms with E-state index in [2.05, 4.69) is 0 Å². The summed E-state index contributed by atoms with van der Waals surface area (Å²) >= 11 is 0. The molecular formula is C26H36O8. The van der Waals surface area contributed by atoms with Gasteiger partial charge >= 0.3 is 23.9 Å². The number of hydrogen-bond acceptors (Lipinski definition) is 8. The maximum absolute atomic E-state index is 13.7. The summed E-state index contributed by atoms with van der Waals surface area (Å²) in [5.41, 5.74) is 0.647. The van der Waals surface area contributed by atoms with E-state index in [-0.39, 0.29) is 39.3 Å². The molecule has 1 aliphatic rings. The minimum Gasteiger partial charge on any atom is -0.465 e. The summed E-state index contributed by atoms with van der Waals surface area (Å²) in [6.45, 7) is 13.9. The van der Waals surface area contributed by atoms with Gasteiger partial charge in [-0.15, -0.1) is 0 Å². The Morgan fingerprint density at radius 3 is 0.971 bits per heavy atom. The number of rotatable bonds is 8. The molecule has 0 aromatic heterocycles. The molecule has 188 valence electrons. The van der Waals surface area contributed by atoms with Gasteiger partial charge in [0.05, 0.1) is 26.4 Å². The van der Waals surface area contributed by atoms with Gasteiger partial charge in [-0.25, -0.2) is 0 Å². The van der Waals surface area contributed by atoms with Crippen LogP contribution in [0.3, 0.4) is 0 Å². The predicted molar refractivity (Wildman–Crippen MR) is 124 cm³/mol. The van der Waals surface area contributed by atoms with E-state index in [9.17, 15) is 19.2 Å². The predicted octanol–water partition coefficient (Wildman–Crippen LogP) is 3.24. The highest BCUT2D eigenvalue weighted by Gasteiger charge is 2.75. The number of ether oxygens (including phenoxy) is 4. The van der Waals surface area contributed by atoms with Crippen molar-refractivity contribution < 1.29 is 38.1 Å². The molecule has 8 nitrogen and oxygen atoms in total. The Morgan fingerprint density at radius 1 is 0.529 bits per heavy atom. The van der Waals surface area contributed by atoms with Gasteiger partial charge in [0.2, 0.25) is 0 Å². The summed E-state index contributed by atoms with van der Waals surface area (Å²) in [6.07, 6.45) is -0.489. The molecule has 0 aliphatic heterocycles. The molecule has 0 unspecified atom stereocenters. The lowest BCUT2D eigenvalue weighted by Crippen LogP contribution is -2.66. The third-order valence-corrected chi connectivity index (χ3v) is 7.07. The first kappa shape index (κ1) is 27.3. The molecule has 0 amide bonds. The van der Waals surface area contributed by atoms with Gasteiger partial charge in [-0.2, -0.15) is 0 Å². The smallest absolute Gasteiger partial charge is 0.325 e. The fraction of sp³-hybridized carbons (Fsp3) is 0.615. The van der Waals surface area contributed by atoms with Crippen LogP contribution in [0.15, 0.2) is 0 Å². The van der Waals surface area contributed by atoms with Gasteiger partial charge in [-0.1, -0.05) is 0 Å². The van der Waals surface area contributed by atoms with Crippen molar-refractivity contribution in [3.05, 3.63) is 33.4 Å². The van der Waals surface area contributed by atoms with Gasteiger partial charge in [0, 0.05) is 12.8 Å². The maximum atomic E-state index is 13.7. The lowest BCUT2D eigenvalue weighted by molar-refractivity contribution is -0.204. The minimum absolute atomic E-state index is 0.0560. The molecule has 0 spiro atoms. The summed E-state index contributed by atoms with van der Waals surface area (Å²) in [5, 5.41) is 0. The van der Waals surface area contributed by atoms with E-state index < -0.39 is 34.7 Å². The van der Waals surface area contributed by atoms with Crippen molar-refractivity contribution in [3.8, 4) is 0 Å². The zero-order chi connectivity index (χ0) is 25.8. The van der Waals surface area contributed by atoms with Crippen LogP contribution in [0, 0.1) is 38.5 Å². The second-order valence-corrected chi connectivity index (χ2v) is 8.50. The standard InChI is InChI=1S/C26H36O8/c1-9-31-21(27)25(22(28)32-10-2)13-19-17(7)15(5)16(6)18(8)20(19)14-26(25,23(29)33-11-3)24(30)34-12-4/h9-14H2,1-8H3. The van der Waals surface area contributed by atoms with E-state index >= 15 is 0 Å². The van der Waals surface area contributed by atoms with Gasteiger partial charge in [-0.3, -0.25) is 19.2 Å². The van der Waals surface area contributed by atoms with Crippen molar-refractivity contribution in [2.75, 3.05) is 26.4 Å². The number of carbonyl (C=O) groups excluding carboxylic acids is 4. The summed E-state index contributed by atoms with van der Waals surface area (Å²) < 4.78 is 21.4. The van der Waals surface area contributed by atoms with E-state index in [0.717, 1.165) is 33.4 Å². The molecule has 0 radical (unpaired) electrons. The molecule has 1 aromatic rings. The van der Waals surface area contributed by atoms with Gasteiger partial charge in [0.1, 0.15) is 0 Å². The highest BCUT2D eigenvalue weighted by atomic mass is 16.6. The molecule has 0 saturated carbocycles. The lowest BCUT2D eigenvalue weighted by atomic mass is 9.53. The van der Waals surface area contributed by atoms with Crippen molar-refractivity contribution in [2.24, 2.45) is 10.8 Å². The van der Waals surface area contributed by atoms with Crippen molar-refractivity contribution in [3.63, 3.8) is 0 Å². The first-order valence-corrected chi connectivity index (χ1v) is 11.8. The molecule has 1 aromatic carbocycles. The first-order chi connectivity index (χ1) is 16.0. The topological polar surface area (TPSA) is 105 Å². The number of carbonyl (C=O) groups is 4. The fourth-order valence-electron chi connectivity index (χ4n) is 4.95. The molecular weight excluding hydrogens is 440 g/mol. The largest absolute Gasteiger partial charge is 0.465 e. The Bertz CT molecular complexity index is 876. The monoisotopic (exact) mass is 476 g/mol. The number of benzene rings is 1. The number of esters is 4. The van der Waals surface area contributed by atoms with Crippen LogP contribution in [-0.2, 0) is 51.0 Å². The lowest BCUT2D eigenvalue weighted by Gasteiger charge is -2.47. The summed E-state index contributed by atoms with van der Waals surface area (Å²) in [6, 6.07) is 0. The Morgan fingerprint density at radius 2 is 0.765 bits per heavy atom. The molecule has 0 atom stereocenters. The molecule has 0 fully saturated rings. The molecule has 1 aliphatic carbocycles. The SMILES string of the molecule is CCOC(=O)C1(C(=O)OCC)Cc2c(C)c(C)c(C)c(C)c2CC1(C(=O)OCC)C(=O)OCC. The van der Waals surface area contributed by atoms with E-state index in [1.165, 1.54) is 0 Å². The highest BCUT2D eigenvalue weighted by Crippen LogP contribution is 2.54. The van der Waals surface area contributed by atoms with E-state index in [0.29, 0.717) is 0 Å². The molecule has 0 heterocycles. The molecule has 0 bridgehead atoms. The number of hydrogen-bond donors (Lipinski definition) is 0. The summed E-state index contributed by atoms with van der Waals surface area (Å²) in [5.74, 6) is -4.02. The third kappa shape index (κ3) is 3.97. The molecule has 8 heteroatoms. The molecule has 0 saturated heterocycles. The van der Waals surface area contributed by atoms with Crippen molar-refractivity contribution in [2.45, 2.75) is 68.2 Å². The third-order valence-electron chi connectivity index (χ3n) is 7.07. The maximum Gasteiger partial charge on any atom is 0.325 e. The van der Waals surface area contributed by atoms with Crippen molar-refractivity contribution in [1.82, 2.24) is 0 Å². The van der Waals surface area contributed by atoms with Gasteiger partial charge in [0.25, 0.3) is 0 Å². The van der Waals surface area contributed by atoms with Gasteiger partial charge in [-0.05, 0) is 88.8 Å². The van der Waals surface area contributed by atoms with E-state index in [1.807, 2.05) is 27.7 Å². The zero-order valence-electron chi connectivity index (χ0n) is 21.5. The zero-order valence-corrected chi connectivity index (χ0v) is 21.5. The summed E-state index contributed by atoms with van der Waals surface area (Å²) in [7, 11) is 0. The van der Waals surface area contributed by atoms with Crippen LogP contribution >= 0.6 is 0 Å². The first-order valence-electron chi connectivity index (χ1n) is 11.8. The average Bonchev–Trinajstić information content (AvgIpc) is 2.80. The van der Waals surface area contributed by atoms with Crippen molar-refractivity contribution in [1.29, 1.82) is 0 Å². The fourth-order valence-corrected chi connectivity index (χ4v) is 4.95. The van der Waals surface area contributed by atoms with Gasteiger partial charge < -0.3 is 18.9 Å². The quantitative estimate of drug-likeness (QED) is 0.320. The molecule has 2 rings (SSSR count). The Balaban J connectivity index is 3.10. The Labute approximate surface area is 201 Å². The van der Waals surface area contributed by atoms with Crippen LogP contribution in [0.1, 0.15) is 61.1 Å². The van der Waals surface area contributed by atoms with Crippen LogP contribution in [0.2, 0.25) is 0 Å². The Hall–Kier alpha value is -2.90. The van der Waals surface area contributed by atoms with Crippen LogP contribution in [-0.4, -0.2) is 50.3 Å². The van der Waals surface area contributed by atoms with Gasteiger partial charge in [0.15, 0.2) is 10.8 Å². The van der Waals surface area contributed by atoms with Crippen molar-refractivity contribution >= 4 is 23.9 Å².